The van der Waals surface area contributed by atoms with Crippen LogP contribution in [0.2, 0.25) is 0 Å². The minimum Gasteiger partial charge on any atom is -0.469 e. The Hall–Kier alpha value is -1.96. The van der Waals surface area contributed by atoms with Crippen LogP contribution < -0.4 is 0 Å². The number of esters is 1. The Balaban J connectivity index is 1.81. The van der Waals surface area contributed by atoms with Crippen molar-refractivity contribution in [1.29, 1.82) is 0 Å². The Labute approximate surface area is 141 Å². The maximum atomic E-state index is 11.9. The maximum absolute atomic E-state index is 11.9. The molecule has 0 bridgehead atoms. The summed E-state index contributed by atoms with van der Waals surface area (Å²) in [5.74, 6) is 0.730. The zero-order chi connectivity index (χ0) is 17.7. The Morgan fingerprint density at radius 1 is 1.29 bits per heavy atom. The number of ether oxygens (including phenoxy) is 1. The third-order valence-electron chi connectivity index (χ3n) is 3.90. The molecule has 1 aliphatic heterocycles. The number of nitrogens with zero attached hydrogens (tertiary/aromatic N) is 3. The van der Waals surface area contributed by atoms with Gasteiger partial charge in [0.1, 0.15) is 0 Å². The molecule has 134 valence electrons. The predicted molar refractivity (Wildman–Crippen MR) is 83.7 cm³/mol. The summed E-state index contributed by atoms with van der Waals surface area (Å²) in [6, 6.07) is 0. The van der Waals surface area contributed by atoms with Crippen molar-refractivity contribution in [3.63, 3.8) is 0 Å². The summed E-state index contributed by atoms with van der Waals surface area (Å²) in [5.41, 5.74) is -0.515. The SMILES string of the molecule is COC(=O)CCc1nc(C2CCN(OC(=O)C(C)(C)C)CC2)no1. The van der Waals surface area contributed by atoms with E-state index in [9.17, 15) is 9.59 Å². The number of hydroxylamine groups is 2. The average Bonchev–Trinajstić information content (AvgIpc) is 3.01. The monoisotopic (exact) mass is 339 g/mol. The fourth-order valence-corrected chi connectivity index (χ4v) is 2.31. The van der Waals surface area contributed by atoms with Crippen molar-refractivity contribution in [2.24, 2.45) is 5.41 Å². The molecule has 0 aromatic carbocycles. The number of methoxy groups -OCH3 is 1. The quantitative estimate of drug-likeness (QED) is 0.750. The molecule has 8 heteroatoms. The Morgan fingerprint density at radius 3 is 2.54 bits per heavy atom. The van der Waals surface area contributed by atoms with Crippen molar-refractivity contribution in [3.05, 3.63) is 11.7 Å². The first-order valence-corrected chi connectivity index (χ1v) is 8.16. The van der Waals surface area contributed by atoms with E-state index in [1.54, 1.807) is 5.06 Å². The minimum absolute atomic E-state index is 0.171. The molecular weight excluding hydrogens is 314 g/mol. The lowest BCUT2D eigenvalue weighted by Crippen LogP contribution is -2.38. The Kier molecular flexibility index (Phi) is 5.93. The third kappa shape index (κ3) is 5.02. The second-order valence-corrected chi connectivity index (χ2v) is 6.95. The van der Waals surface area contributed by atoms with Gasteiger partial charge in [0.2, 0.25) is 5.89 Å². The van der Waals surface area contributed by atoms with Gasteiger partial charge >= 0.3 is 11.9 Å². The first-order valence-electron chi connectivity index (χ1n) is 8.16. The number of carbonyl (C=O) groups excluding carboxylic acids is 2. The topological polar surface area (TPSA) is 94.8 Å². The minimum atomic E-state index is -0.515. The molecule has 0 aliphatic carbocycles. The summed E-state index contributed by atoms with van der Waals surface area (Å²) in [5, 5.41) is 5.70. The number of aryl methyl sites for hydroxylation is 1. The second kappa shape index (κ2) is 7.74. The summed E-state index contributed by atoms with van der Waals surface area (Å²) in [6.07, 6.45) is 2.17. The van der Waals surface area contributed by atoms with E-state index in [-0.39, 0.29) is 24.3 Å². The van der Waals surface area contributed by atoms with E-state index in [4.69, 9.17) is 9.36 Å². The molecule has 0 unspecified atom stereocenters. The average molecular weight is 339 g/mol. The number of hydrogen-bond acceptors (Lipinski definition) is 8. The van der Waals surface area contributed by atoms with Crippen LogP contribution in [-0.4, -0.2) is 47.3 Å². The lowest BCUT2D eigenvalue weighted by Gasteiger charge is -2.30. The van der Waals surface area contributed by atoms with Gasteiger partial charge in [-0.25, -0.2) is 4.79 Å². The number of piperidine rings is 1. The van der Waals surface area contributed by atoms with Crippen LogP contribution >= 0.6 is 0 Å². The molecule has 1 saturated heterocycles. The van der Waals surface area contributed by atoms with E-state index in [0.717, 1.165) is 12.8 Å². The highest BCUT2D eigenvalue weighted by atomic mass is 16.7. The van der Waals surface area contributed by atoms with E-state index in [1.807, 2.05) is 20.8 Å². The summed E-state index contributed by atoms with van der Waals surface area (Å²) >= 11 is 0. The number of rotatable bonds is 5. The van der Waals surface area contributed by atoms with E-state index in [1.165, 1.54) is 7.11 Å². The molecule has 0 spiro atoms. The van der Waals surface area contributed by atoms with Crippen molar-refractivity contribution in [3.8, 4) is 0 Å². The number of hydrogen-bond donors (Lipinski definition) is 0. The number of aromatic nitrogens is 2. The van der Waals surface area contributed by atoms with Gasteiger partial charge in [-0.05, 0) is 33.6 Å². The van der Waals surface area contributed by atoms with Crippen molar-refractivity contribution >= 4 is 11.9 Å². The highest BCUT2D eigenvalue weighted by Gasteiger charge is 2.30. The zero-order valence-corrected chi connectivity index (χ0v) is 14.7. The first kappa shape index (κ1) is 18.4. The smallest absolute Gasteiger partial charge is 0.330 e. The zero-order valence-electron chi connectivity index (χ0n) is 14.7. The van der Waals surface area contributed by atoms with Gasteiger partial charge in [0.15, 0.2) is 5.82 Å². The van der Waals surface area contributed by atoms with Gasteiger partial charge in [0.05, 0.1) is 18.9 Å². The summed E-state index contributed by atoms with van der Waals surface area (Å²) in [7, 11) is 1.35. The molecule has 1 aliphatic rings. The molecule has 2 heterocycles. The van der Waals surface area contributed by atoms with Crippen molar-refractivity contribution in [2.75, 3.05) is 20.2 Å². The van der Waals surface area contributed by atoms with Gasteiger partial charge < -0.3 is 14.1 Å². The fourth-order valence-electron chi connectivity index (χ4n) is 2.31. The molecule has 1 fully saturated rings. The summed E-state index contributed by atoms with van der Waals surface area (Å²) in [4.78, 5) is 32.8. The largest absolute Gasteiger partial charge is 0.469 e. The van der Waals surface area contributed by atoms with Crippen LogP contribution in [-0.2, 0) is 25.6 Å². The standard InChI is InChI=1S/C16H25N3O5/c1-16(2,3)15(21)24-19-9-7-11(8-10-19)14-17-12(23-18-14)5-6-13(20)22-4/h11H,5-10H2,1-4H3. The lowest BCUT2D eigenvalue weighted by atomic mass is 9.96. The van der Waals surface area contributed by atoms with Crippen molar-refractivity contribution < 1.29 is 23.7 Å². The maximum Gasteiger partial charge on any atom is 0.330 e. The highest BCUT2D eigenvalue weighted by Crippen LogP contribution is 2.27. The van der Waals surface area contributed by atoms with Gasteiger partial charge in [0, 0.05) is 25.4 Å². The molecule has 8 nitrogen and oxygen atoms in total. The molecule has 1 aromatic rings. The lowest BCUT2D eigenvalue weighted by molar-refractivity contribution is -0.204. The van der Waals surface area contributed by atoms with Crippen molar-refractivity contribution in [1.82, 2.24) is 15.2 Å². The second-order valence-electron chi connectivity index (χ2n) is 6.95. The van der Waals surface area contributed by atoms with Gasteiger partial charge in [-0.3, -0.25) is 4.79 Å². The van der Waals surface area contributed by atoms with Crippen LogP contribution in [0.25, 0.3) is 0 Å². The van der Waals surface area contributed by atoms with E-state index in [2.05, 4.69) is 14.9 Å². The van der Waals surface area contributed by atoms with E-state index < -0.39 is 5.41 Å². The van der Waals surface area contributed by atoms with E-state index >= 15 is 0 Å². The van der Waals surface area contributed by atoms with Crippen molar-refractivity contribution in [2.45, 2.75) is 52.4 Å². The van der Waals surface area contributed by atoms with Gasteiger partial charge in [-0.15, -0.1) is 5.06 Å². The fraction of sp³-hybridized carbons (Fsp3) is 0.750. The van der Waals surface area contributed by atoms with E-state index in [0.29, 0.717) is 31.2 Å². The molecule has 0 radical (unpaired) electrons. The summed E-state index contributed by atoms with van der Waals surface area (Å²) in [6.45, 7) is 6.77. The Bertz CT molecular complexity index is 571. The Morgan fingerprint density at radius 2 is 1.96 bits per heavy atom. The molecule has 24 heavy (non-hydrogen) atoms. The predicted octanol–water partition coefficient (Wildman–Crippen LogP) is 1.86. The van der Waals surface area contributed by atoms with Gasteiger partial charge in [0.25, 0.3) is 0 Å². The van der Waals surface area contributed by atoms with Crippen LogP contribution in [0, 0.1) is 5.41 Å². The molecule has 1 aromatic heterocycles. The van der Waals surface area contributed by atoms with Gasteiger partial charge in [-0.2, -0.15) is 4.98 Å². The molecule has 0 amide bonds. The third-order valence-corrected chi connectivity index (χ3v) is 3.90. The molecule has 0 N–H and O–H groups in total. The summed E-state index contributed by atoms with van der Waals surface area (Å²) < 4.78 is 9.77. The van der Waals surface area contributed by atoms with Crippen LogP contribution in [0.1, 0.15) is 57.7 Å². The first-order chi connectivity index (χ1) is 11.3. The highest BCUT2D eigenvalue weighted by molar-refractivity contribution is 5.75. The molecular formula is C16H25N3O5. The molecule has 2 rings (SSSR count). The molecule has 0 saturated carbocycles. The van der Waals surface area contributed by atoms with Crippen LogP contribution in [0.15, 0.2) is 4.52 Å². The van der Waals surface area contributed by atoms with Gasteiger partial charge in [-0.1, -0.05) is 5.16 Å². The van der Waals surface area contributed by atoms with Crippen LogP contribution in [0.5, 0.6) is 0 Å². The molecule has 0 atom stereocenters. The number of carbonyl (C=O) groups is 2. The van der Waals surface area contributed by atoms with Crippen LogP contribution in [0.4, 0.5) is 0 Å². The normalized spacial score (nSPS) is 16.8. The van der Waals surface area contributed by atoms with Crippen LogP contribution in [0.3, 0.4) is 0 Å².